The van der Waals surface area contributed by atoms with Gasteiger partial charge < -0.3 is 20.7 Å². The van der Waals surface area contributed by atoms with E-state index in [-0.39, 0.29) is 12.5 Å². The molecule has 3 rings (SSSR count). The van der Waals surface area contributed by atoms with Crippen LogP contribution in [0.3, 0.4) is 0 Å². The van der Waals surface area contributed by atoms with Gasteiger partial charge in [-0.2, -0.15) is 0 Å². The zero-order chi connectivity index (χ0) is 20.7. The number of nitrogens with one attached hydrogen (secondary N) is 3. The maximum absolute atomic E-state index is 11.8. The molecule has 0 aromatic heterocycles. The van der Waals surface area contributed by atoms with E-state index < -0.39 is 0 Å². The van der Waals surface area contributed by atoms with E-state index in [0.717, 1.165) is 36.8 Å². The van der Waals surface area contributed by atoms with Crippen LogP contribution >= 0.6 is 0 Å². The Morgan fingerprint density at radius 3 is 2.69 bits per heavy atom. The maximum Gasteiger partial charge on any atom is 0.258 e. The van der Waals surface area contributed by atoms with E-state index in [0.29, 0.717) is 23.8 Å². The molecule has 0 atom stereocenters. The van der Waals surface area contributed by atoms with Crippen LogP contribution in [0, 0.1) is 11.3 Å². The minimum atomic E-state index is -0.0491. The van der Waals surface area contributed by atoms with Crippen molar-refractivity contribution in [2.24, 2.45) is 16.3 Å². The highest BCUT2D eigenvalue weighted by Gasteiger charge is 2.37. The Morgan fingerprint density at radius 1 is 1.28 bits per heavy atom. The topological polar surface area (TPSA) is 74.8 Å². The number of carbonyl (C=O) groups is 1. The number of hydrogen-bond acceptors (Lipinski definition) is 3. The van der Waals surface area contributed by atoms with E-state index in [2.05, 4.69) is 34.8 Å². The molecule has 0 heterocycles. The zero-order valence-electron chi connectivity index (χ0n) is 18.1. The fraction of sp³-hybridized carbons (Fsp3) is 0.652. The van der Waals surface area contributed by atoms with Gasteiger partial charge in [-0.1, -0.05) is 32.4 Å². The first-order chi connectivity index (χ1) is 14.0. The van der Waals surface area contributed by atoms with E-state index in [9.17, 15) is 4.79 Å². The van der Waals surface area contributed by atoms with Crippen LogP contribution in [0.15, 0.2) is 29.3 Å². The van der Waals surface area contributed by atoms with Crippen LogP contribution in [0.4, 0.5) is 0 Å². The lowest BCUT2D eigenvalue weighted by molar-refractivity contribution is -0.123. The maximum atomic E-state index is 11.8. The van der Waals surface area contributed by atoms with E-state index in [1.165, 1.54) is 25.7 Å². The number of aliphatic imine (C=N–C) groups is 1. The van der Waals surface area contributed by atoms with Crippen molar-refractivity contribution in [3.63, 3.8) is 0 Å². The first kappa shape index (κ1) is 21.5. The molecule has 160 valence electrons. The van der Waals surface area contributed by atoms with Crippen LogP contribution in [0.5, 0.6) is 5.75 Å². The van der Waals surface area contributed by atoms with Crippen molar-refractivity contribution < 1.29 is 9.53 Å². The summed E-state index contributed by atoms with van der Waals surface area (Å²) in [5, 5.41) is 9.85. The fourth-order valence-corrected chi connectivity index (χ4v) is 4.06. The van der Waals surface area contributed by atoms with Gasteiger partial charge in [0.15, 0.2) is 12.6 Å². The Morgan fingerprint density at radius 2 is 2.07 bits per heavy atom. The van der Waals surface area contributed by atoms with E-state index in [1.807, 2.05) is 31.3 Å². The molecule has 0 spiro atoms. The molecule has 29 heavy (non-hydrogen) atoms. The van der Waals surface area contributed by atoms with Gasteiger partial charge in [0.05, 0.1) is 0 Å². The highest BCUT2D eigenvalue weighted by molar-refractivity contribution is 5.79. The molecule has 2 aliphatic rings. The summed E-state index contributed by atoms with van der Waals surface area (Å²) in [5.41, 5.74) is 1.52. The number of guanidine groups is 1. The van der Waals surface area contributed by atoms with Gasteiger partial charge in [0.2, 0.25) is 0 Å². The molecule has 3 N–H and O–H groups in total. The Bertz CT molecular complexity index is 709. The second kappa shape index (κ2) is 9.99. The lowest BCUT2D eigenvalue weighted by Crippen LogP contribution is -2.46. The quantitative estimate of drug-likeness (QED) is 0.416. The van der Waals surface area contributed by atoms with Crippen LogP contribution < -0.4 is 20.7 Å². The van der Waals surface area contributed by atoms with Crippen molar-refractivity contribution in [1.29, 1.82) is 0 Å². The summed E-state index contributed by atoms with van der Waals surface area (Å²) in [6, 6.07) is 8.21. The van der Waals surface area contributed by atoms with Crippen molar-refractivity contribution in [2.45, 2.75) is 65.0 Å². The number of benzene rings is 1. The summed E-state index contributed by atoms with van der Waals surface area (Å²) in [5.74, 6) is 2.21. The van der Waals surface area contributed by atoms with Crippen LogP contribution in [-0.2, 0) is 11.3 Å². The molecule has 0 bridgehead atoms. The van der Waals surface area contributed by atoms with Gasteiger partial charge in [0.25, 0.3) is 5.91 Å². The lowest BCUT2D eigenvalue weighted by atomic mass is 9.64. The number of nitrogens with zero attached hydrogens (tertiary/aromatic N) is 1. The van der Waals surface area contributed by atoms with Gasteiger partial charge in [-0.15, -0.1) is 0 Å². The second-order valence-electron chi connectivity index (χ2n) is 9.01. The smallest absolute Gasteiger partial charge is 0.258 e. The Hall–Kier alpha value is -2.24. The van der Waals surface area contributed by atoms with Gasteiger partial charge in [-0.05, 0) is 61.1 Å². The molecule has 0 radical (unpaired) electrons. The third kappa shape index (κ3) is 6.94. The van der Waals surface area contributed by atoms with E-state index in [1.54, 1.807) is 0 Å². The molecule has 1 amide bonds. The molecule has 0 saturated heterocycles. The number of carbonyl (C=O) groups excluding carboxylic acids is 1. The molecule has 6 nitrogen and oxygen atoms in total. The Labute approximate surface area is 174 Å². The molecular weight excluding hydrogens is 364 g/mol. The third-order valence-electron chi connectivity index (χ3n) is 5.78. The average Bonchev–Trinajstić information content (AvgIpc) is 3.48. The third-order valence-corrected chi connectivity index (χ3v) is 5.78. The fourth-order valence-electron chi connectivity index (χ4n) is 4.06. The first-order valence-electron chi connectivity index (χ1n) is 10.9. The van der Waals surface area contributed by atoms with E-state index in [4.69, 9.17) is 4.74 Å². The Balaban J connectivity index is 1.43. The highest BCUT2D eigenvalue weighted by Crippen LogP contribution is 2.45. The van der Waals surface area contributed by atoms with Gasteiger partial charge in [-0.25, -0.2) is 0 Å². The SMILES string of the molecule is CN=C(NCc1cccc(OCC(=O)NC2CC2)c1)NCC1(CC(C)C)CCC1. The number of amides is 1. The molecule has 2 fully saturated rings. The van der Waals surface area contributed by atoms with Crippen molar-refractivity contribution >= 4 is 11.9 Å². The molecule has 6 heteroatoms. The summed E-state index contributed by atoms with van der Waals surface area (Å²) in [6.45, 7) is 6.30. The predicted molar refractivity (Wildman–Crippen MR) is 117 cm³/mol. The van der Waals surface area contributed by atoms with Gasteiger partial charge in [0.1, 0.15) is 5.75 Å². The molecule has 1 aromatic carbocycles. The highest BCUT2D eigenvalue weighted by atomic mass is 16.5. The summed E-state index contributed by atoms with van der Waals surface area (Å²) in [6.07, 6.45) is 7.39. The van der Waals surface area contributed by atoms with Crippen molar-refractivity contribution in [2.75, 3.05) is 20.2 Å². The summed E-state index contributed by atoms with van der Waals surface area (Å²) >= 11 is 0. The standard InChI is InChI=1S/C23H36N4O2/c1-17(2)13-23(10-5-11-23)16-26-22(24-3)25-14-18-6-4-7-20(12-18)29-15-21(28)27-19-8-9-19/h4,6-7,12,17,19H,5,8-11,13-16H2,1-3H3,(H,27,28)(H2,24,25,26). The average molecular weight is 401 g/mol. The summed E-state index contributed by atoms with van der Waals surface area (Å²) < 4.78 is 5.64. The van der Waals surface area contributed by atoms with Crippen LogP contribution in [-0.4, -0.2) is 38.1 Å². The first-order valence-corrected chi connectivity index (χ1v) is 10.9. The number of rotatable bonds is 10. The van der Waals surface area contributed by atoms with Crippen LogP contribution in [0.25, 0.3) is 0 Å². The molecule has 0 unspecified atom stereocenters. The minimum absolute atomic E-state index is 0.0491. The van der Waals surface area contributed by atoms with Crippen molar-refractivity contribution in [3.8, 4) is 5.75 Å². The number of hydrogen-bond donors (Lipinski definition) is 3. The zero-order valence-corrected chi connectivity index (χ0v) is 18.1. The van der Waals surface area contributed by atoms with Crippen LogP contribution in [0.2, 0.25) is 0 Å². The minimum Gasteiger partial charge on any atom is -0.484 e. The van der Waals surface area contributed by atoms with E-state index >= 15 is 0 Å². The monoisotopic (exact) mass is 400 g/mol. The summed E-state index contributed by atoms with van der Waals surface area (Å²) in [4.78, 5) is 16.2. The van der Waals surface area contributed by atoms with Crippen molar-refractivity contribution in [3.05, 3.63) is 29.8 Å². The molecular formula is C23H36N4O2. The van der Waals surface area contributed by atoms with Gasteiger partial charge in [0, 0.05) is 26.2 Å². The largest absolute Gasteiger partial charge is 0.484 e. The van der Waals surface area contributed by atoms with Gasteiger partial charge in [-0.3, -0.25) is 9.79 Å². The van der Waals surface area contributed by atoms with Gasteiger partial charge >= 0.3 is 0 Å². The van der Waals surface area contributed by atoms with Crippen molar-refractivity contribution in [1.82, 2.24) is 16.0 Å². The summed E-state index contributed by atoms with van der Waals surface area (Å²) in [7, 11) is 1.81. The molecule has 2 saturated carbocycles. The molecule has 1 aromatic rings. The predicted octanol–water partition coefficient (Wildman–Crippen LogP) is 3.23. The molecule has 2 aliphatic carbocycles. The van der Waals surface area contributed by atoms with Crippen LogP contribution in [0.1, 0.15) is 57.9 Å². The number of ether oxygens (including phenoxy) is 1. The molecule has 0 aliphatic heterocycles. The second-order valence-corrected chi connectivity index (χ2v) is 9.01. The normalized spacial score (nSPS) is 18.1. The lowest BCUT2D eigenvalue weighted by Gasteiger charge is -2.43. The Kier molecular flexibility index (Phi) is 7.40.